The Morgan fingerprint density at radius 3 is 1.22 bits per heavy atom. The summed E-state index contributed by atoms with van der Waals surface area (Å²) in [5.41, 5.74) is 25.6. The molecule has 8 aromatic heterocycles. The van der Waals surface area contributed by atoms with Crippen LogP contribution in [0.3, 0.4) is 0 Å². The topological polar surface area (TPSA) is 514 Å². The van der Waals surface area contributed by atoms with Crippen LogP contribution in [0.25, 0.3) is 33.5 Å². The molecule has 20 atom stereocenters. The number of fused-ring (bicyclic) bond motifs is 5. The lowest BCUT2D eigenvalue weighted by Crippen LogP contribution is -2.40. The van der Waals surface area contributed by atoms with E-state index in [-0.39, 0.29) is 144 Å². The second-order valence-corrected chi connectivity index (χ2v) is 28.8. The van der Waals surface area contributed by atoms with Gasteiger partial charge in [0.15, 0.2) is 65.4 Å². The maximum Gasteiger partial charge on any atom is 0.523 e. The Bertz CT molecular complexity index is 4550. The fourth-order valence-corrected chi connectivity index (χ4v) is 14.6. The van der Waals surface area contributed by atoms with Gasteiger partial charge in [0.25, 0.3) is 12.7 Å². The number of aromatic nitrogens is 16. The highest BCUT2D eigenvalue weighted by Gasteiger charge is 2.56. The summed E-state index contributed by atoms with van der Waals surface area (Å²) in [5.74, 6) is 0.381. The van der Waals surface area contributed by atoms with Crippen molar-refractivity contribution in [3.8, 4) is 0 Å². The zero-order valence-electron chi connectivity index (χ0n) is 56.1. The normalized spacial score (nSPS) is 29.0. The Kier molecular flexibility index (Phi) is 28.5. The quantitative estimate of drug-likeness (QED) is 0.0138. The molecule has 0 saturated carbocycles. The van der Waals surface area contributed by atoms with Gasteiger partial charge in [-0.25, -0.2) is 23.7 Å². The standard InChI is InChI=1S/C13H15ClF3N5O4S.C12H15Cl2N5O.C12H14ClFN5O.C10H11Cl2N5O3.C10H10ClFN5O3.3CH4.H2/c1-3-6-5(2)8(26-27(23,24)13(15,16)17)11(25-6)22-4-19-7-9(18)20-12(14)21-10(7)22;1-3-6-5(2)7(13)11(20-6)19-4-16-8-9(15)17-12(14)18-10(8)19;1-3-6-5(2)7(14)11(20-6)19-4-16-8-9(15)17-12(13)18-10(8)19;11-4-6(19)3(1-18)20-9(4)17-2-14-5-7(13)15-10(12)16-8(5)17;11-10-15-7(13)5-8(16-10)17(2-14-5)9-4(12)6(19)3(1-18)20-9;;;;/h4-6,8,11H,3H2,1-2H3,(H2,18,20,21);4-7,11H,3H2,1-2H3,(H2,15,17,18);5-7,11H,3H2,1-2H3,(H2,15,17,18);2-4,6,9,18-19H,1H2,(H2,13,15,16);3-4,6,9,18-19H,1H2,(H2,13,15,16);3*1H4;1H/q;;+1;;+1;;;;/t5-,6+,8?,11+;2*5-,6+,7?,11+;2*3-,4?,6+,9-;;;;/m00011..../s1. The number of alkyl halides is 7. The molecule has 50 heteroatoms. The molecule has 0 aromatic carbocycles. The van der Waals surface area contributed by atoms with E-state index in [2.05, 4.69) is 105 Å². The van der Waals surface area contributed by atoms with Crippen molar-refractivity contribution in [3.63, 3.8) is 0 Å². The van der Waals surface area contributed by atoms with Gasteiger partial charge in [-0.1, -0.05) is 63.8 Å². The third-order valence-corrected chi connectivity index (χ3v) is 21.0. The van der Waals surface area contributed by atoms with Crippen molar-refractivity contribution in [3.05, 3.63) is 45.4 Å². The molecule has 0 spiro atoms. The highest BCUT2D eigenvalue weighted by atomic mass is 35.5. The van der Waals surface area contributed by atoms with E-state index >= 15 is 0 Å². The Morgan fingerprint density at radius 1 is 0.500 bits per heavy atom. The number of nitrogen functional groups attached to an aromatic ring is 5. The largest absolute Gasteiger partial charge is 0.523 e. The first-order valence-corrected chi connectivity index (χ1v) is 36.3. The van der Waals surface area contributed by atoms with Gasteiger partial charge in [-0.15, -0.1) is 43.0 Å². The Hall–Kier alpha value is -7.20. The summed E-state index contributed by atoms with van der Waals surface area (Å²) in [6.45, 7) is 10.4. The lowest BCUT2D eigenvalue weighted by molar-refractivity contribution is -0.0674. The molecule has 5 unspecified atom stereocenters. The van der Waals surface area contributed by atoms with Crippen LogP contribution < -0.4 is 38.5 Å². The van der Waals surface area contributed by atoms with Crippen molar-refractivity contribution in [1.82, 2.24) is 78.5 Å². The monoisotopic (exact) mass is 1710 g/mol. The van der Waals surface area contributed by atoms with E-state index in [1.807, 2.05) is 13.8 Å². The molecule has 0 radical (unpaired) electrons. The Balaban J connectivity index is 0.000000192. The van der Waals surface area contributed by atoms with Gasteiger partial charge in [0.1, 0.15) is 52.4 Å². The van der Waals surface area contributed by atoms with E-state index in [0.717, 1.165) is 17.7 Å². The van der Waals surface area contributed by atoms with Crippen molar-refractivity contribution in [2.45, 2.75) is 192 Å². The van der Waals surface area contributed by atoms with Crippen LogP contribution in [0.1, 0.15) is 103 Å². The van der Waals surface area contributed by atoms with Gasteiger partial charge in [0.2, 0.25) is 50.5 Å². The maximum atomic E-state index is 14.4. The summed E-state index contributed by atoms with van der Waals surface area (Å²) >= 11 is 41.5. The lowest BCUT2D eigenvalue weighted by atomic mass is 9.99. The van der Waals surface area contributed by atoms with Gasteiger partial charge < -0.3 is 72.8 Å². The minimum absolute atomic E-state index is 0. The highest BCUT2D eigenvalue weighted by Crippen LogP contribution is 2.46. The number of ether oxygens (including phenoxy) is 5. The molecule has 0 amide bonds. The average molecular weight is 1720 g/mol. The first-order valence-electron chi connectivity index (χ1n) is 32.1. The number of aliphatic hydroxyl groups excluding tert-OH is 4. The zero-order chi connectivity index (χ0) is 77.9. The molecule has 5 saturated heterocycles. The number of aliphatic hydroxyl groups is 4. The fourth-order valence-electron chi connectivity index (χ4n) is 12.4. The number of imidazole rings is 3. The summed E-state index contributed by atoms with van der Waals surface area (Å²) in [6.07, 6.45) is -2.06. The first kappa shape index (κ1) is 88.4. The number of aliphatic imine (C=N–C) groups is 2. The van der Waals surface area contributed by atoms with E-state index in [9.17, 15) is 40.6 Å². The minimum Gasteiger partial charge on any atom is -0.394 e. The van der Waals surface area contributed by atoms with Crippen molar-refractivity contribution in [2.24, 2.45) is 27.7 Å². The van der Waals surface area contributed by atoms with Gasteiger partial charge >= 0.3 is 38.6 Å². The predicted molar refractivity (Wildman–Crippen MR) is 401 cm³/mol. The second kappa shape index (κ2) is 35.5. The van der Waals surface area contributed by atoms with Crippen LogP contribution in [0, 0.1) is 17.8 Å². The third kappa shape index (κ3) is 17.2. The molecule has 110 heavy (non-hydrogen) atoms. The lowest BCUT2D eigenvalue weighted by Gasteiger charge is -2.22. The molecule has 7 aliphatic rings. The number of halogens is 12. The van der Waals surface area contributed by atoms with Crippen LogP contribution in [-0.2, 0) is 38.0 Å². The molecular weight excluding hydrogens is 1640 g/mol. The summed E-state index contributed by atoms with van der Waals surface area (Å²) in [6, 6.07) is 0. The highest BCUT2D eigenvalue weighted by molar-refractivity contribution is 7.87. The van der Waals surface area contributed by atoms with Crippen LogP contribution >= 0.6 is 81.2 Å². The third-order valence-electron chi connectivity index (χ3n) is 18.0. The van der Waals surface area contributed by atoms with Crippen LogP contribution in [-0.4, -0.2) is 223 Å². The summed E-state index contributed by atoms with van der Waals surface area (Å²) in [4.78, 5) is 61.8. The van der Waals surface area contributed by atoms with Gasteiger partial charge in [0.05, 0.1) is 55.9 Å². The van der Waals surface area contributed by atoms with Crippen LogP contribution in [0.2, 0.25) is 26.4 Å². The molecule has 7 aliphatic heterocycles. The van der Waals surface area contributed by atoms with Gasteiger partial charge in [-0.3, -0.25) is 17.9 Å². The minimum atomic E-state index is -5.84. The van der Waals surface area contributed by atoms with Crippen molar-refractivity contribution in [1.29, 1.82) is 0 Å². The van der Waals surface area contributed by atoms with E-state index in [1.54, 1.807) is 24.7 Å². The molecule has 15 rings (SSSR count). The molecule has 5 fully saturated rings. The number of nitrogens with zero attached hydrogens (tertiary/aromatic N) is 20. The maximum absolute atomic E-state index is 14.4. The van der Waals surface area contributed by atoms with Crippen molar-refractivity contribution < 1.29 is 80.1 Å². The van der Waals surface area contributed by atoms with E-state index in [0.29, 0.717) is 40.3 Å². The smallest absolute Gasteiger partial charge is 0.394 e. The summed E-state index contributed by atoms with van der Waals surface area (Å²) < 4.78 is 127. The van der Waals surface area contributed by atoms with E-state index in [4.69, 9.17) is 144 Å². The van der Waals surface area contributed by atoms with Gasteiger partial charge in [-0.2, -0.15) is 61.5 Å². The van der Waals surface area contributed by atoms with E-state index < -0.39 is 107 Å². The fraction of sp³-hybridized carbons (Fsp3) is 0.583. The summed E-state index contributed by atoms with van der Waals surface area (Å²) in [7, 11) is -5.84. The predicted octanol–water partition coefficient (Wildman–Crippen LogP) is 8.59. The molecule has 8 aromatic rings. The van der Waals surface area contributed by atoms with Crippen LogP contribution in [0.5, 0.6) is 0 Å². The molecule has 604 valence electrons. The number of rotatable bonds is 12. The van der Waals surface area contributed by atoms with Crippen molar-refractivity contribution in [2.75, 3.05) is 51.7 Å². The Labute approximate surface area is 660 Å². The molecule has 0 bridgehead atoms. The molecule has 15 heterocycles. The molecule has 37 nitrogen and oxygen atoms in total. The van der Waals surface area contributed by atoms with E-state index in [1.165, 1.54) is 26.7 Å². The Morgan fingerprint density at radius 2 is 0.836 bits per heavy atom. The molecular formula is C60H79Cl7F5N25O12S+2. The SMILES string of the molecule is C.C.C.CC[C@H]1O[C@@H](N2[C+]=Nc3c(N)nc(Cl)nc32)C(F)[C@H]1C.CC[C@H]1O[C@@H](n2cnc3c(N)nc(Cl)nc32)C(Cl)[C@H]1C.CC[C@H]1O[C@@H](n2cnc3c(N)nc(Cl)nc32)C(OS(=O)(=O)C(F)(F)F)[C@H]1C.Nc1nc(Cl)nc2c1N=[C+]N2[C@@H]1O[C@H](CO)[C@H](O)C1F.Nc1nc(Cl)nc2c1ncn2[C@@H]1O[C@H](CO)[C@H](O)C1Cl.[HH]. The number of nitrogens with two attached hydrogens (primary N) is 5. The van der Waals surface area contributed by atoms with Crippen LogP contribution in [0.15, 0.2) is 29.0 Å². The zero-order valence-corrected chi connectivity index (χ0v) is 62.3. The summed E-state index contributed by atoms with van der Waals surface area (Å²) in [5, 5.41) is 36.4. The number of anilines is 7. The number of hydrogen-bond acceptors (Lipinski definition) is 34. The second-order valence-electron chi connectivity index (χ2n) is 24.6. The average Bonchev–Trinajstić information content (AvgIpc) is 1.64. The number of hydrogen-bond donors (Lipinski definition) is 9. The van der Waals surface area contributed by atoms with Crippen LogP contribution in [0.4, 0.5) is 74.1 Å². The molecule has 0 aliphatic carbocycles. The van der Waals surface area contributed by atoms with Gasteiger partial charge in [-0.05, 0) is 87.3 Å². The first-order chi connectivity index (χ1) is 50.6. The van der Waals surface area contributed by atoms with Gasteiger partial charge in [0, 0.05) is 19.2 Å². The van der Waals surface area contributed by atoms with Crippen molar-refractivity contribution >= 4 is 190 Å². The molecule has 14 N–H and O–H groups in total.